The van der Waals surface area contributed by atoms with Crippen LogP contribution in [-0.4, -0.2) is 27.3 Å². The molecule has 2 N–H and O–H groups in total. The predicted octanol–water partition coefficient (Wildman–Crippen LogP) is 2.19. The molecule has 1 aliphatic carbocycles. The van der Waals surface area contributed by atoms with Gasteiger partial charge in [-0.05, 0) is 54.3 Å². The van der Waals surface area contributed by atoms with E-state index < -0.39 is 21.8 Å². The first kappa shape index (κ1) is 18.9. The molecule has 0 fully saturated rings. The van der Waals surface area contributed by atoms with Crippen molar-refractivity contribution in [3.05, 3.63) is 53.6 Å². The highest BCUT2D eigenvalue weighted by Crippen LogP contribution is 2.38. The first-order valence-corrected chi connectivity index (χ1v) is 9.90. The molecule has 3 rings (SSSR count). The Kier molecular flexibility index (Phi) is 5.18. The molecule has 2 aromatic rings. The van der Waals surface area contributed by atoms with E-state index in [2.05, 4.69) is 10.0 Å². The first-order valence-electron chi connectivity index (χ1n) is 8.42. The van der Waals surface area contributed by atoms with Crippen LogP contribution in [0.25, 0.3) is 0 Å². The van der Waals surface area contributed by atoms with Gasteiger partial charge in [-0.3, -0.25) is 9.59 Å². The van der Waals surface area contributed by atoms with E-state index >= 15 is 0 Å². The highest BCUT2D eigenvalue weighted by Gasteiger charge is 2.32. The van der Waals surface area contributed by atoms with Crippen molar-refractivity contribution in [1.82, 2.24) is 4.72 Å². The molecule has 1 aliphatic rings. The number of carbonyl (C=O) groups excluding carboxylic acids is 2. The van der Waals surface area contributed by atoms with Gasteiger partial charge in [0.25, 0.3) is 10.0 Å². The number of benzene rings is 2. The molecule has 0 heterocycles. The van der Waals surface area contributed by atoms with Crippen LogP contribution in [0.15, 0.2) is 47.4 Å². The van der Waals surface area contributed by atoms with Gasteiger partial charge in [0, 0.05) is 12.6 Å². The zero-order chi connectivity index (χ0) is 19.6. The smallest absolute Gasteiger partial charge is 0.264 e. The van der Waals surface area contributed by atoms with Gasteiger partial charge in [-0.25, -0.2) is 13.1 Å². The quantitative estimate of drug-likeness (QED) is 0.818. The number of nitrogens with one attached hydrogen (secondary N) is 2. The van der Waals surface area contributed by atoms with Gasteiger partial charge in [0.15, 0.2) is 0 Å². The number of sulfonamides is 1. The maximum Gasteiger partial charge on any atom is 0.264 e. The average Bonchev–Trinajstić information content (AvgIpc) is 3.05. The Bertz CT molecular complexity index is 984. The van der Waals surface area contributed by atoms with E-state index in [-0.39, 0.29) is 10.8 Å². The second-order valence-corrected chi connectivity index (χ2v) is 7.98. The fraction of sp³-hybridized carbons (Fsp3) is 0.263. The summed E-state index contributed by atoms with van der Waals surface area (Å²) in [4.78, 5) is 23.6. The minimum atomic E-state index is -4.00. The number of methoxy groups -OCH3 is 1. The zero-order valence-corrected chi connectivity index (χ0v) is 15.8. The predicted molar refractivity (Wildman–Crippen MR) is 100 cm³/mol. The fourth-order valence-corrected chi connectivity index (χ4v) is 4.29. The van der Waals surface area contributed by atoms with Crippen LogP contribution < -0.4 is 14.8 Å². The Morgan fingerprint density at radius 2 is 1.81 bits per heavy atom. The van der Waals surface area contributed by atoms with Gasteiger partial charge < -0.3 is 10.1 Å². The van der Waals surface area contributed by atoms with E-state index in [1.165, 1.54) is 31.2 Å². The summed E-state index contributed by atoms with van der Waals surface area (Å²) >= 11 is 0. The molecule has 1 atom stereocenters. The number of amides is 2. The number of anilines is 1. The second-order valence-electron chi connectivity index (χ2n) is 6.29. The Hall–Kier alpha value is -2.87. The summed E-state index contributed by atoms with van der Waals surface area (Å²) in [6, 6.07) is 11.1. The number of fused-ring (bicyclic) bond motifs is 1. The Morgan fingerprint density at radius 1 is 1.11 bits per heavy atom. The van der Waals surface area contributed by atoms with Gasteiger partial charge in [-0.1, -0.05) is 12.1 Å². The van der Waals surface area contributed by atoms with E-state index in [0.717, 1.165) is 11.1 Å². The van der Waals surface area contributed by atoms with Gasteiger partial charge in [-0.2, -0.15) is 0 Å². The highest BCUT2D eigenvalue weighted by molar-refractivity contribution is 7.90. The number of ether oxygens (including phenoxy) is 1. The van der Waals surface area contributed by atoms with Crippen molar-refractivity contribution in [3.8, 4) is 5.75 Å². The minimum absolute atomic E-state index is 0.0474. The SMILES string of the molecule is COc1cccc2c1CCC2C(=O)NS(=O)(=O)c1ccc(NC(C)=O)cc1. The van der Waals surface area contributed by atoms with E-state index in [0.29, 0.717) is 24.3 Å². The van der Waals surface area contributed by atoms with E-state index in [4.69, 9.17) is 4.74 Å². The third-order valence-electron chi connectivity index (χ3n) is 4.48. The summed E-state index contributed by atoms with van der Waals surface area (Å²) in [6.45, 7) is 1.36. The van der Waals surface area contributed by atoms with Gasteiger partial charge in [0.1, 0.15) is 5.75 Å². The number of hydrogen-bond donors (Lipinski definition) is 2. The molecular formula is C19H20N2O5S. The molecule has 0 aliphatic heterocycles. The van der Waals surface area contributed by atoms with Crippen LogP contribution in [0.4, 0.5) is 5.69 Å². The number of carbonyl (C=O) groups is 2. The summed E-state index contributed by atoms with van der Waals surface area (Å²) in [5, 5.41) is 2.56. The minimum Gasteiger partial charge on any atom is -0.496 e. The third kappa shape index (κ3) is 3.95. The normalized spacial score (nSPS) is 15.7. The number of hydrogen-bond acceptors (Lipinski definition) is 5. The molecule has 7 nitrogen and oxygen atoms in total. The molecule has 8 heteroatoms. The second kappa shape index (κ2) is 7.40. The van der Waals surface area contributed by atoms with Crippen LogP contribution >= 0.6 is 0 Å². The van der Waals surface area contributed by atoms with Crippen molar-refractivity contribution in [2.75, 3.05) is 12.4 Å². The van der Waals surface area contributed by atoms with E-state index in [1.807, 2.05) is 12.1 Å². The van der Waals surface area contributed by atoms with Crippen molar-refractivity contribution in [1.29, 1.82) is 0 Å². The molecule has 2 aromatic carbocycles. The third-order valence-corrected chi connectivity index (χ3v) is 5.85. The van der Waals surface area contributed by atoms with Crippen LogP contribution in [0.3, 0.4) is 0 Å². The molecule has 0 radical (unpaired) electrons. The molecule has 0 spiro atoms. The van der Waals surface area contributed by atoms with Gasteiger partial charge in [0.2, 0.25) is 11.8 Å². The first-order chi connectivity index (χ1) is 12.8. The highest BCUT2D eigenvalue weighted by atomic mass is 32.2. The van der Waals surface area contributed by atoms with Crippen LogP contribution in [0, 0.1) is 0 Å². The Balaban J connectivity index is 1.77. The molecule has 0 saturated carbocycles. The van der Waals surface area contributed by atoms with E-state index in [1.54, 1.807) is 13.2 Å². The Morgan fingerprint density at radius 3 is 2.44 bits per heavy atom. The lowest BCUT2D eigenvalue weighted by atomic mass is 10.0. The van der Waals surface area contributed by atoms with Gasteiger partial charge >= 0.3 is 0 Å². The number of rotatable bonds is 5. The maximum atomic E-state index is 12.6. The maximum absolute atomic E-state index is 12.6. The summed E-state index contributed by atoms with van der Waals surface area (Å²) in [7, 11) is -2.44. The molecular weight excluding hydrogens is 368 g/mol. The molecule has 2 amide bonds. The standard InChI is InChI=1S/C19H20N2O5S/c1-12(22)20-13-6-8-14(9-7-13)27(24,25)21-19(23)17-11-10-16-15(17)4-3-5-18(16)26-2/h3-9,17H,10-11H2,1-2H3,(H,20,22)(H,21,23). The lowest BCUT2D eigenvalue weighted by Crippen LogP contribution is -2.34. The van der Waals surface area contributed by atoms with Crippen molar-refractivity contribution >= 4 is 27.5 Å². The molecule has 0 aromatic heterocycles. The van der Waals surface area contributed by atoms with Crippen molar-refractivity contribution < 1.29 is 22.7 Å². The van der Waals surface area contributed by atoms with Crippen LogP contribution in [-0.2, 0) is 26.0 Å². The van der Waals surface area contributed by atoms with Crippen molar-refractivity contribution in [3.63, 3.8) is 0 Å². The molecule has 142 valence electrons. The topological polar surface area (TPSA) is 102 Å². The molecule has 1 unspecified atom stereocenters. The van der Waals surface area contributed by atoms with Gasteiger partial charge in [0.05, 0.1) is 17.9 Å². The Labute approximate surface area is 157 Å². The molecule has 27 heavy (non-hydrogen) atoms. The molecule has 0 saturated heterocycles. The monoisotopic (exact) mass is 388 g/mol. The van der Waals surface area contributed by atoms with Crippen molar-refractivity contribution in [2.45, 2.75) is 30.6 Å². The largest absolute Gasteiger partial charge is 0.496 e. The molecule has 0 bridgehead atoms. The zero-order valence-electron chi connectivity index (χ0n) is 15.0. The summed E-state index contributed by atoms with van der Waals surface area (Å²) in [6.07, 6.45) is 1.18. The van der Waals surface area contributed by atoms with Crippen molar-refractivity contribution in [2.24, 2.45) is 0 Å². The lowest BCUT2D eigenvalue weighted by Gasteiger charge is -2.14. The fourth-order valence-electron chi connectivity index (χ4n) is 3.27. The summed E-state index contributed by atoms with van der Waals surface area (Å²) < 4.78 is 32.5. The van der Waals surface area contributed by atoms with Crippen LogP contribution in [0.5, 0.6) is 5.75 Å². The average molecular weight is 388 g/mol. The van der Waals surface area contributed by atoms with Crippen LogP contribution in [0.2, 0.25) is 0 Å². The lowest BCUT2D eigenvalue weighted by molar-refractivity contribution is -0.120. The summed E-state index contributed by atoms with van der Waals surface area (Å²) in [5.74, 6) is -0.648. The van der Waals surface area contributed by atoms with Gasteiger partial charge in [-0.15, -0.1) is 0 Å². The summed E-state index contributed by atoms with van der Waals surface area (Å²) in [5.41, 5.74) is 2.21. The van der Waals surface area contributed by atoms with Crippen LogP contribution in [0.1, 0.15) is 30.4 Å². The van der Waals surface area contributed by atoms with E-state index in [9.17, 15) is 18.0 Å².